The molecule has 0 saturated heterocycles. The smallest absolute Gasteiger partial charge is 0.374 e. The van der Waals surface area contributed by atoms with Crippen molar-refractivity contribution in [2.75, 3.05) is 13.2 Å². The summed E-state index contributed by atoms with van der Waals surface area (Å²) in [5, 5.41) is 0. The van der Waals surface area contributed by atoms with E-state index in [0.717, 1.165) is 51.7 Å². The number of rotatable bonds is 21. The van der Waals surface area contributed by atoms with Gasteiger partial charge in [0, 0.05) is 19.8 Å². The van der Waals surface area contributed by atoms with Crippen LogP contribution in [-0.4, -0.2) is 27.6 Å². The molecule has 0 fully saturated rings. The molecule has 0 bridgehead atoms. The molecule has 0 saturated carbocycles. The zero-order chi connectivity index (χ0) is 24.5. The minimum absolute atomic E-state index is 0.131. The highest BCUT2D eigenvalue weighted by Gasteiger charge is 2.48. The third-order valence-electron chi connectivity index (χ3n) is 6.53. The quantitative estimate of drug-likeness (QED) is 0.123. The molecule has 0 rings (SSSR count). The Bertz CT molecular complexity index is 415. The van der Waals surface area contributed by atoms with Crippen molar-refractivity contribution >= 4 is 8.80 Å². The highest BCUT2D eigenvalue weighted by atomic mass is 28.4. The molecule has 3 nitrogen and oxygen atoms in total. The molecule has 0 aromatic rings. The zero-order valence-electron chi connectivity index (χ0n) is 23.6. The van der Waals surface area contributed by atoms with E-state index < -0.39 is 8.80 Å². The first kappa shape index (κ1) is 32.1. The van der Waals surface area contributed by atoms with E-state index in [1.54, 1.807) is 0 Å². The van der Waals surface area contributed by atoms with Crippen LogP contribution in [0.5, 0.6) is 0 Å². The summed E-state index contributed by atoms with van der Waals surface area (Å²) in [5.41, 5.74) is 0.156. The van der Waals surface area contributed by atoms with Crippen LogP contribution < -0.4 is 0 Å². The Hall–Kier alpha value is 0.0969. The lowest BCUT2D eigenvalue weighted by molar-refractivity contribution is -0.0877. The number of hydrogen-bond acceptors (Lipinski definition) is 3. The van der Waals surface area contributed by atoms with E-state index in [1.807, 2.05) is 0 Å². The first-order chi connectivity index (χ1) is 15.1. The van der Waals surface area contributed by atoms with Gasteiger partial charge in [0.1, 0.15) is 0 Å². The normalized spacial score (nSPS) is 14.2. The predicted octanol–water partition coefficient (Wildman–Crippen LogP) is 9.57. The van der Waals surface area contributed by atoms with Gasteiger partial charge in [0.05, 0.1) is 5.60 Å². The van der Waals surface area contributed by atoms with Gasteiger partial charge in [-0.3, -0.25) is 0 Å². The maximum absolute atomic E-state index is 7.32. The zero-order valence-corrected chi connectivity index (χ0v) is 24.6. The summed E-state index contributed by atoms with van der Waals surface area (Å²) in [7, 11) is -2.74. The molecular weight excluding hydrogens is 412 g/mol. The Morgan fingerprint density at radius 2 is 1.09 bits per heavy atom. The molecule has 4 heteroatoms. The van der Waals surface area contributed by atoms with E-state index in [0.29, 0.717) is 5.92 Å². The van der Waals surface area contributed by atoms with Crippen LogP contribution >= 0.6 is 0 Å². The summed E-state index contributed by atoms with van der Waals surface area (Å²) < 4.78 is 20.3. The first-order valence-electron chi connectivity index (χ1n) is 14.1. The summed E-state index contributed by atoms with van der Waals surface area (Å²) in [4.78, 5) is 0. The van der Waals surface area contributed by atoms with Crippen molar-refractivity contribution in [3.8, 4) is 0 Å². The first-order valence-corrected chi connectivity index (χ1v) is 16.3. The molecule has 1 unspecified atom stereocenters. The van der Waals surface area contributed by atoms with Crippen molar-refractivity contribution in [3.63, 3.8) is 0 Å². The number of unbranched alkanes of at least 4 members (excludes halogenated alkanes) is 5. The fraction of sp³-hybridized carbons (Fsp3) is 1.00. The average Bonchev–Trinajstić information content (AvgIpc) is 2.73. The summed E-state index contributed by atoms with van der Waals surface area (Å²) in [6.45, 7) is 22.2. The second kappa shape index (κ2) is 17.5. The fourth-order valence-corrected chi connectivity index (χ4v) is 7.03. The monoisotopic (exact) mass is 472 g/mol. The van der Waals surface area contributed by atoms with Crippen LogP contribution in [0.1, 0.15) is 145 Å². The van der Waals surface area contributed by atoms with E-state index in [9.17, 15) is 0 Å². The van der Waals surface area contributed by atoms with Crippen LogP contribution in [0, 0.1) is 11.3 Å². The van der Waals surface area contributed by atoms with Crippen molar-refractivity contribution in [3.05, 3.63) is 0 Å². The maximum atomic E-state index is 7.32. The van der Waals surface area contributed by atoms with Gasteiger partial charge < -0.3 is 13.3 Å². The van der Waals surface area contributed by atoms with Gasteiger partial charge in [-0.1, -0.05) is 107 Å². The lowest BCUT2D eigenvalue weighted by Crippen LogP contribution is -2.55. The second-order valence-corrected chi connectivity index (χ2v) is 13.8. The molecule has 0 heterocycles. The Balaban J connectivity index is 6.14. The van der Waals surface area contributed by atoms with Crippen molar-refractivity contribution in [2.45, 2.75) is 157 Å². The van der Waals surface area contributed by atoms with Crippen molar-refractivity contribution in [1.82, 2.24) is 0 Å². The van der Waals surface area contributed by atoms with E-state index in [2.05, 4.69) is 61.9 Å². The molecule has 0 aliphatic rings. The van der Waals surface area contributed by atoms with Crippen molar-refractivity contribution in [2.24, 2.45) is 11.3 Å². The highest BCUT2D eigenvalue weighted by molar-refractivity contribution is 6.59. The maximum Gasteiger partial charge on any atom is 0.498 e. The fourth-order valence-electron chi connectivity index (χ4n) is 4.69. The standard InChI is InChI=1S/C28H60O3Si/c1-10-15-20-26(25-27(6,7)8)28(21-16-11-2,22-17-12-3)31-32(9,29-23-18-13-4)30-24-19-14-5/h26H,10-25H2,1-9H3. The summed E-state index contributed by atoms with van der Waals surface area (Å²) >= 11 is 0. The summed E-state index contributed by atoms with van der Waals surface area (Å²) in [6.07, 6.45) is 16.5. The third-order valence-corrected chi connectivity index (χ3v) is 8.76. The molecule has 0 aromatic carbocycles. The van der Waals surface area contributed by atoms with Crippen LogP contribution in [0.2, 0.25) is 6.55 Å². The van der Waals surface area contributed by atoms with Gasteiger partial charge in [-0.05, 0) is 49.9 Å². The Morgan fingerprint density at radius 3 is 1.47 bits per heavy atom. The molecule has 0 N–H and O–H groups in total. The molecule has 0 aromatic heterocycles. The van der Waals surface area contributed by atoms with E-state index in [1.165, 1.54) is 51.4 Å². The van der Waals surface area contributed by atoms with Crippen LogP contribution in [0.15, 0.2) is 0 Å². The van der Waals surface area contributed by atoms with Crippen molar-refractivity contribution in [1.29, 1.82) is 0 Å². The van der Waals surface area contributed by atoms with Gasteiger partial charge in [0.15, 0.2) is 0 Å². The van der Waals surface area contributed by atoms with Gasteiger partial charge in [-0.15, -0.1) is 0 Å². The summed E-state index contributed by atoms with van der Waals surface area (Å²) in [5.74, 6) is 0.553. The Kier molecular flexibility index (Phi) is 17.6. The third kappa shape index (κ3) is 13.7. The van der Waals surface area contributed by atoms with Crippen LogP contribution in [0.3, 0.4) is 0 Å². The van der Waals surface area contributed by atoms with Gasteiger partial charge in [0.2, 0.25) is 0 Å². The van der Waals surface area contributed by atoms with E-state index >= 15 is 0 Å². The lowest BCUT2D eigenvalue weighted by atomic mass is 9.70. The topological polar surface area (TPSA) is 27.7 Å². The second-order valence-electron chi connectivity index (χ2n) is 11.2. The lowest BCUT2D eigenvalue weighted by Gasteiger charge is -2.47. The minimum Gasteiger partial charge on any atom is -0.374 e. The minimum atomic E-state index is -2.74. The molecule has 32 heavy (non-hydrogen) atoms. The molecule has 0 aliphatic carbocycles. The highest BCUT2D eigenvalue weighted by Crippen LogP contribution is 2.44. The molecule has 1 atom stereocenters. The van der Waals surface area contributed by atoms with Crippen LogP contribution in [-0.2, 0) is 13.3 Å². The van der Waals surface area contributed by atoms with Crippen LogP contribution in [0.4, 0.5) is 0 Å². The average molecular weight is 473 g/mol. The van der Waals surface area contributed by atoms with E-state index in [-0.39, 0.29) is 11.0 Å². The predicted molar refractivity (Wildman–Crippen MR) is 143 cm³/mol. The van der Waals surface area contributed by atoms with Crippen LogP contribution in [0.25, 0.3) is 0 Å². The molecule has 0 spiro atoms. The molecule has 194 valence electrons. The van der Waals surface area contributed by atoms with Gasteiger partial charge in [-0.25, -0.2) is 0 Å². The largest absolute Gasteiger partial charge is 0.498 e. The van der Waals surface area contributed by atoms with Gasteiger partial charge in [-0.2, -0.15) is 0 Å². The van der Waals surface area contributed by atoms with Gasteiger partial charge in [0.25, 0.3) is 0 Å². The van der Waals surface area contributed by atoms with E-state index in [4.69, 9.17) is 13.3 Å². The number of hydrogen-bond donors (Lipinski definition) is 0. The Morgan fingerprint density at radius 1 is 0.656 bits per heavy atom. The molecule has 0 amide bonds. The Labute approximate surface area is 204 Å². The molecular formula is C28H60O3Si. The van der Waals surface area contributed by atoms with Gasteiger partial charge >= 0.3 is 8.80 Å². The molecule has 0 radical (unpaired) electrons. The van der Waals surface area contributed by atoms with Crippen molar-refractivity contribution < 1.29 is 13.3 Å². The summed E-state index contributed by atoms with van der Waals surface area (Å²) in [6, 6.07) is 0. The SMILES string of the molecule is CCCCO[Si](C)(OCCCC)OC(CCCC)(CCCC)C(CCCC)CC(C)(C)C. The molecule has 0 aliphatic heterocycles.